The molecule has 0 bridgehead atoms. The highest BCUT2D eigenvalue weighted by atomic mass is 32.1. The first-order chi connectivity index (χ1) is 6.43. The number of thiazole rings is 1. The molecule has 5 heteroatoms. The Morgan fingerprint density at radius 2 is 2.07 bits per heavy atom. The van der Waals surface area contributed by atoms with Gasteiger partial charge in [0.2, 0.25) is 11.5 Å². The second kappa shape index (κ2) is 2.76. The van der Waals surface area contributed by atoms with Gasteiger partial charge in [-0.05, 0) is 0 Å². The Labute approximate surface area is 86.7 Å². The molecule has 0 radical (unpaired) electrons. The highest BCUT2D eigenvalue weighted by Crippen LogP contribution is 2.47. The van der Waals surface area contributed by atoms with Crippen LogP contribution in [0.5, 0.6) is 5.88 Å². The Morgan fingerprint density at radius 1 is 1.43 bits per heavy atom. The first-order valence-corrected chi connectivity index (χ1v) is 5.38. The summed E-state index contributed by atoms with van der Waals surface area (Å²) in [5.41, 5.74) is -0.286. The van der Waals surface area contributed by atoms with Gasteiger partial charge in [-0.15, -0.1) is 11.3 Å². The molecule has 1 aromatic rings. The lowest BCUT2D eigenvalue weighted by atomic mass is 9.81. The molecule has 0 amide bonds. The summed E-state index contributed by atoms with van der Waals surface area (Å²) >= 11 is 1.45. The number of hydrogen-bond acceptors (Lipinski definition) is 5. The topological polar surface area (TPSA) is 57.8 Å². The van der Waals surface area contributed by atoms with Crippen molar-refractivity contribution < 1.29 is 5.11 Å². The maximum atomic E-state index is 9.11. The van der Waals surface area contributed by atoms with Crippen molar-refractivity contribution >= 4 is 11.3 Å². The van der Waals surface area contributed by atoms with Crippen LogP contribution in [0.3, 0.4) is 0 Å². The molecule has 0 aliphatic carbocycles. The number of nitrogens with zero attached hydrogens (tertiary/aromatic N) is 3. The van der Waals surface area contributed by atoms with E-state index in [1.54, 1.807) is 5.38 Å². The third-order valence-corrected chi connectivity index (χ3v) is 3.32. The SMILES string of the molecule is CC(C)(C)C1(Cc2nc(O)cs2)N=N1. The van der Waals surface area contributed by atoms with Crippen LogP contribution in [0.4, 0.5) is 0 Å². The van der Waals surface area contributed by atoms with Crippen molar-refractivity contribution in [2.45, 2.75) is 32.9 Å². The predicted molar refractivity (Wildman–Crippen MR) is 54.5 cm³/mol. The van der Waals surface area contributed by atoms with Crippen LogP contribution in [0.25, 0.3) is 0 Å². The average Bonchev–Trinajstić information content (AvgIpc) is 2.71. The van der Waals surface area contributed by atoms with E-state index in [-0.39, 0.29) is 17.0 Å². The van der Waals surface area contributed by atoms with Gasteiger partial charge in [0.15, 0.2) is 0 Å². The molecular formula is C9H13N3OS. The van der Waals surface area contributed by atoms with Crippen molar-refractivity contribution in [1.82, 2.24) is 4.98 Å². The Kier molecular flexibility index (Phi) is 1.89. The maximum absolute atomic E-state index is 9.11. The lowest BCUT2D eigenvalue weighted by Crippen LogP contribution is -2.32. The van der Waals surface area contributed by atoms with Gasteiger partial charge in [-0.2, -0.15) is 10.2 Å². The second-order valence-corrected chi connectivity index (χ2v) is 5.49. The quantitative estimate of drug-likeness (QED) is 0.817. The molecule has 0 aromatic carbocycles. The first-order valence-electron chi connectivity index (χ1n) is 4.50. The molecule has 0 fully saturated rings. The zero-order valence-corrected chi connectivity index (χ0v) is 9.30. The summed E-state index contributed by atoms with van der Waals surface area (Å²) in [6.45, 7) is 6.33. The molecule has 4 nitrogen and oxygen atoms in total. The van der Waals surface area contributed by atoms with E-state index < -0.39 is 0 Å². The van der Waals surface area contributed by atoms with Gasteiger partial charge >= 0.3 is 0 Å². The standard InChI is InChI=1S/C9H13N3OS/c1-8(2,3)9(11-12-9)4-7-10-6(13)5-14-7/h5,13H,4H2,1-3H3. The largest absolute Gasteiger partial charge is 0.493 e. The van der Waals surface area contributed by atoms with Gasteiger partial charge in [0.05, 0.1) is 5.38 Å². The lowest BCUT2D eigenvalue weighted by molar-refractivity contribution is 0.272. The number of hydrogen-bond donors (Lipinski definition) is 1. The van der Waals surface area contributed by atoms with Crippen molar-refractivity contribution in [1.29, 1.82) is 0 Å². The monoisotopic (exact) mass is 211 g/mol. The normalized spacial score (nSPS) is 18.5. The summed E-state index contributed by atoms with van der Waals surface area (Å²) in [5, 5.41) is 19.9. The molecule has 0 saturated carbocycles. The maximum Gasteiger partial charge on any atom is 0.222 e. The van der Waals surface area contributed by atoms with E-state index in [4.69, 9.17) is 5.11 Å². The molecule has 0 saturated heterocycles. The van der Waals surface area contributed by atoms with Gasteiger partial charge in [0, 0.05) is 11.8 Å². The van der Waals surface area contributed by atoms with E-state index in [1.807, 2.05) is 0 Å². The van der Waals surface area contributed by atoms with Gasteiger partial charge in [-0.1, -0.05) is 20.8 Å². The molecule has 2 rings (SSSR count). The van der Waals surface area contributed by atoms with Crippen LogP contribution in [0, 0.1) is 5.41 Å². The Balaban J connectivity index is 2.12. The minimum Gasteiger partial charge on any atom is -0.493 e. The van der Waals surface area contributed by atoms with Gasteiger partial charge < -0.3 is 5.11 Å². The van der Waals surface area contributed by atoms with Crippen LogP contribution < -0.4 is 0 Å². The van der Waals surface area contributed by atoms with E-state index in [9.17, 15) is 0 Å². The zero-order chi connectivity index (χ0) is 10.4. The summed E-state index contributed by atoms with van der Waals surface area (Å²) in [6.07, 6.45) is 0.696. The fourth-order valence-corrected chi connectivity index (χ4v) is 2.01. The minimum atomic E-state index is -0.308. The molecule has 1 N–H and O–H groups in total. The molecule has 0 atom stereocenters. The lowest BCUT2D eigenvalue weighted by Gasteiger charge is -2.24. The fraction of sp³-hybridized carbons (Fsp3) is 0.667. The molecule has 0 spiro atoms. The predicted octanol–water partition coefficient (Wildman–Crippen LogP) is 2.60. The Bertz CT molecular complexity index is 372. The smallest absolute Gasteiger partial charge is 0.222 e. The molecule has 1 aromatic heterocycles. The molecule has 76 valence electrons. The van der Waals surface area contributed by atoms with E-state index in [0.717, 1.165) is 5.01 Å². The van der Waals surface area contributed by atoms with Gasteiger partial charge in [0.25, 0.3) is 0 Å². The Hall–Kier alpha value is -0.970. The van der Waals surface area contributed by atoms with Crippen LogP contribution in [-0.4, -0.2) is 15.8 Å². The van der Waals surface area contributed by atoms with Crippen molar-refractivity contribution in [2.24, 2.45) is 15.6 Å². The number of aromatic hydroxyl groups is 1. The highest BCUT2D eigenvalue weighted by Gasteiger charge is 2.51. The van der Waals surface area contributed by atoms with Crippen LogP contribution in [-0.2, 0) is 6.42 Å². The van der Waals surface area contributed by atoms with Crippen LogP contribution in [0.2, 0.25) is 0 Å². The second-order valence-electron chi connectivity index (χ2n) is 4.54. The summed E-state index contributed by atoms with van der Waals surface area (Å²) in [7, 11) is 0. The third kappa shape index (κ3) is 1.52. The molecular weight excluding hydrogens is 198 g/mol. The van der Waals surface area contributed by atoms with E-state index in [2.05, 4.69) is 36.0 Å². The Morgan fingerprint density at radius 3 is 2.43 bits per heavy atom. The summed E-state index contributed by atoms with van der Waals surface area (Å²) in [5.74, 6) is 0.0923. The summed E-state index contributed by atoms with van der Waals surface area (Å²) in [6, 6.07) is 0. The van der Waals surface area contributed by atoms with Crippen molar-refractivity contribution in [3.05, 3.63) is 10.4 Å². The van der Waals surface area contributed by atoms with Crippen LogP contribution >= 0.6 is 11.3 Å². The molecule has 0 unspecified atom stereocenters. The van der Waals surface area contributed by atoms with E-state index in [1.165, 1.54) is 11.3 Å². The van der Waals surface area contributed by atoms with Crippen LogP contribution in [0.1, 0.15) is 25.8 Å². The third-order valence-electron chi connectivity index (χ3n) is 2.48. The van der Waals surface area contributed by atoms with Crippen molar-refractivity contribution in [3.63, 3.8) is 0 Å². The fourth-order valence-electron chi connectivity index (χ4n) is 1.29. The molecule has 1 aliphatic rings. The molecule has 2 heterocycles. The van der Waals surface area contributed by atoms with Gasteiger partial charge in [-0.25, -0.2) is 4.98 Å². The summed E-state index contributed by atoms with van der Waals surface area (Å²) in [4.78, 5) is 4.00. The van der Waals surface area contributed by atoms with Crippen molar-refractivity contribution in [2.75, 3.05) is 0 Å². The minimum absolute atomic E-state index is 0.0221. The average molecular weight is 211 g/mol. The van der Waals surface area contributed by atoms with Gasteiger partial charge in [-0.3, -0.25) is 0 Å². The van der Waals surface area contributed by atoms with E-state index in [0.29, 0.717) is 6.42 Å². The molecule has 14 heavy (non-hydrogen) atoms. The summed E-state index contributed by atoms with van der Waals surface area (Å²) < 4.78 is 0. The van der Waals surface area contributed by atoms with Gasteiger partial charge in [0.1, 0.15) is 5.01 Å². The van der Waals surface area contributed by atoms with E-state index >= 15 is 0 Å². The number of rotatable bonds is 2. The first kappa shape index (κ1) is 9.58. The zero-order valence-electron chi connectivity index (χ0n) is 8.48. The number of aromatic nitrogens is 1. The highest BCUT2D eigenvalue weighted by molar-refractivity contribution is 7.09. The molecule has 1 aliphatic heterocycles. The van der Waals surface area contributed by atoms with Crippen LogP contribution in [0.15, 0.2) is 15.6 Å². The van der Waals surface area contributed by atoms with Crippen molar-refractivity contribution in [3.8, 4) is 5.88 Å².